The Balaban J connectivity index is 1.63. The van der Waals surface area contributed by atoms with E-state index in [4.69, 9.17) is 5.73 Å². The minimum atomic E-state index is 0.260. The van der Waals surface area contributed by atoms with Crippen molar-refractivity contribution in [1.29, 1.82) is 0 Å². The van der Waals surface area contributed by atoms with E-state index in [1.165, 1.54) is 38.5 Å². The molecule has 3 unspecified atom stereocenters. The molecule has 20 heavy (non-hydrogen) atoms. The molecule has 3 heteroatoms. The summed E-state index contributed by atoms with van der Waals surface area (Å²) in [5.41, 5.74) is 8.19. The quantitative estimate of drug-likeness (QED) is 0.888. The van der Waals surface area contributed by atoms with Crippen molar-refractivity contribution < 1.29 is 0 Å². The van der Waals surface area contributed by atoms with Crippen LogP contribution in [0.3, 0.4) is 0 Å². The lowest BCUT2D eigenvalue weighted by Gasteiger charge is -2.67. The molecule has 4 aliphatic carbocycles. The van der Waals surface area contributed by atoms with Crippen molar-refractivity contribution in [3.05, 3.63) is 18.2 Å². The Morgan fingerprint density at radius 1 is 1.25 bits per heavy atom. The first-order valence-electron chi connectivity index (χ1n) is 8.14. The average molecular weight is 273 g/mol. The molecule has 0 saturated heterocycles. The van der Waals surface area contributed by atoms with Crippen molar-refractivity contribution in [2.24, 2.45) is 27.9 Å². The molecule has 1 aromatic rings. The van der Waals surface area contributed by atoms with Gasteiger partial charge in [0, 0.05) is 24.9 Å². The van der Waals surface area contributed by atoms with Gasteiger partial charge < -0.3 is 10.7 Å². The van der Waals surface area contributed by atoms with Gasteiger partial charge in [-0.25, -0.2) is 4.98 Å². The van der Waals surface area contributed by atoms with Crippen molar-refractivity contribution in [2.45, 2.75) is 64.8 Å². The summed E-state index contributed by atoms with van der Waals surface area (Å²) in [5, 5.41) is 0. The zero-order chi connectivity index (χ0) is 14.0. The summed E-state index contributed by atoms with van der Waals surface area (Å²) in [6.07, 6.45) is 13.0. The molecule has 0 radical (unpaired) electrons. The minimum absolute atomic E-state index is 0.260. The smallest absolute Gasteiger partial charge is 0.107 e. The second-order valence-electron chi connectivity index (χ2n) is 8.84. The number of rotatable bonds is 3. The van der Waals surface area contributed by atoms with Crippen molar-refractivity contribution >= 4 is 0 Å². The molecule has 0 spiro atoms. The second kappa shape index (κ2) is 3.88. The third kappa shape index (κ3) is 1.86. The van der Waals surface area contributed by atoms with Crippen LogP contribution in [0.25, 0.3) is 0 Å². The molecule has 0 amide bonds. The summed E-state index contributed by atoms with van der Waals surface area (Å²) >= 11 is 0. The molecule has 1 heterocycles. The van der Waals surface area contributed by atoms with E-state index < -0.39 is 0 Å². The molecule has 1 aromatic heterocycles. The molecule has 0 aromatic carbocycles. The summed E-state index contributed by atoms with van der Waals surface area (Å²) in [5.74, 6) is 1.98. The number of imidazole rings is 1. The van der Waals surface area contributed by atoms with Gasteiger partial charge >= 0.3 is 0 Å². The molecule has 4 saturated carbocycles. The summed E-state index contributed by atoms with van der Waals surface area (Å²) in [4.78, 5) is 7.61. The fourth-order valence-electron chi connectivity index (χ4n) is 6.78. The van der Waals surface area contributed by atoms with Gasteiger partial charge in [-0.15, -0.1) is 0 Å². The SMILES string of the molecule is CC12CC3CC(C)(C1)CC(C(N)Cc1ncc[nH]1)(C3)C2. The van der Waals surface area contributed by atoms with Crippen LogP contribution in [0.2, 0.25) is 0 Å². The number of aromatic amines is 1. The number of H-pyrrole nitrogens is 1. The van der Waals surface area contributed by atoms with Crippen molar-refractivity contribution in [3.8, 4) is 0 Å². The maximum Gasteiger partial charge on any atom is 0.107 e. The highest BCUT2D eigenvalue weighted by Gasteiger charge is 2.61. The Hall–Kier alpha value is -0.830. The highest BCUT2D eigenvalue weighted by molar-refractivity contribution is 5.14. The predicted molar refractivity (Wildman–Crippen MR) is 80.1 cm³/mol. The summed E-state index contributed by atoms with van der Waals surface area (Å²) < 4.78 is 0. The van der Waals surface area contributed by atoms with E-state index in [1.54, 1.807) is 0 Å². The van der Waals surface area contributed by atoms with Crippen LogP contribution in [0.4, 0.5) is 0 Å². The molecule has 4 bridgehead atoms. The Morgan fingerprint density at radius 2 is 1.95 bits per heavy atom. The molecule has 0 aliphatic heterocycles. The first-order chi connectivity index (χ1) is 9.41. The van der Waals surface area contributed by atoms with Gasteiger partial charge in [0.05, 0.1) is 0 Å². The number of hydrogen-bond acceptors (Lipinski definition) is 2. The van der Waals surface area contributed by atoms with Crippen LogP contribution in [0, 0.1) is 22.2 Å². The summed E-state index contributed by atoms with van der Waals surface area (Å²) in [7, 11) is 0. The molecule has 3 nitrogen and oxygen atoms in total. The zero-order valence-electron chi connectivity index (χ0n) is 12.8. The Morgan fingerprint density at radius 3 is 2.50 bits per heavy atom. The molecule has 3 atom stereocenters. The lowest BCUT2D eigenvalue weighted by atomic mass is 9.39. The van der Waals surface area contributed by atoms with Crippen LogP contribution in [0.5, 0.6) is 0 Å². The molecule has 5 rings (SSSR count). The maximum absolute atomic E-state index is 6.72. The maximum atomic E-state index is 6.72. The van der Waals surface area contributed by atoms with Crippen LogP contribution in [-0.4, -0.2) is 16.0 Å². The third-order valence-electron chi connectivity index (χ3n) is 6.42. The predicted octanol–water partition coefficient (Wildman–Crippen LogP) is 3.28. The van der Waals surface area contributed by atoms with Gasteiger partial charge in [0.2, 0.25) is 0 Å². The van der Waals surface area contributed by atoms with Gasteiger partial charge in [-0.3, -0.25) is 0 Å². The number of nitrogens with two attached hydrogens (primary N) is 1. The van der Waals surface area contributed by atoms with Crippen molar-refractivity contribution in [1.82, 2.24) is 9.97 Å². The number of nitrogens with zero attached hydrogens (tertiary/aromatic N) is 1. The fourth-order valence-corrected chi connectivity index (χ4v) is 6.78. The van der Waals surface area contributed by atoms with Gasteiger partial charge in [-0.05, 0) is 60.7 Å². The second-order valence-corrected chi connectivity index (χ2v) is 8.84. The van der Waals surface area contributed by atoms with E-state index in [0.29, 0.717) is 16.2 Å². The zero-order valence-corrected chi connectivity index (χ0v) is 12.8. The topological polar surface area (TPSA) is 54.7 Å². The third-order valence-corrected chi connectivity index (χ3v) is 6.42. The first kappa shape index (κ1) is 12.9. The standard InChI is InChI=1S/C17H27N3/c1-15-6-12-7-16(2,9-15)11-17(8-12,10-15)13(18)5-14-19-3-4-20-14/h3-4,12-13H,5-11,18H2,1-2H3,(H,19,20). The first-order valence-corrected chi connectivity index (χ1v) is 8.14. The normalized spacial score (nSPS) is 47.6. The number of hydrogen-bond donors (Lipinski definition) is 2. The van der Waals surface area contributed by atoms with E-state index >= 15 is 0 Å². The van der Waals surface area contributed by atoms with Gasteiger partial charge in [0.15, 0.2) is 0 Å². The minimum Gasteiger partial charge on any atom is -0.349 e. The summed E-state index contributed by atoms with van der Waals surface area (Å²) in [6, 6.07) is 0.260. The van der Waals surface area contributed by atoms with Gasteiger partial charge in [0.25, 0.3) is 0 Å². The molecular formula is C17H27N3. The van der Waals surface area contributed by atoms with Gasteiger partial charge in [-0.1, -0.05) is 13.8 Å². The lowest BCUT2D eigenvalue weighted by molar-refractivity contribution is -0.153. The highest BCUT2D eigenvalue weighted by atomic mass is 14.9. The Kier molecular flexibility index (Phi) is 2.50. The highest BCUT2D eigenvalue weighted by Crippen LogP contribution is 2.70. The molecule has 4 aliphatic rings. The summed E-state index contributed by atoms with van der Waals surface area (Å²) in [6.45, 7) is 5.04. The number of aromatic nitrogens is 2. The largest absolute Gasteiger partial charge is 0.349 e. The van der Waals surface area contributed by atoms with Crippen LogP contribution in [0.15, 0.2) is 12.4 Å². The van der Waals surface area contributed by atoms with Crippen LogP contribution >= 0.6 is 0 Å². The average Bonchev–Trinajstić information content (AvgIpc) is 2.76. The van der Waals surface area contributed by atoms with E-state index in [-0.39, 0.29) is 6.04 Å². The Bertz CT molecular complexity index is 488. The van der Waals surface area contributed by atoms with Crippen molar-refractivity contribution in [3.63, 3.8) is 0 Å². The van der Waals surface area contributed by atoms with Gasteiger partial charge in [-0.2, -0.15) is 0 Å². The fraction of sp³-hybridized carbons (Fsp3) is 0.824. The van der Waals surface area contributed by atoms with E-state index in [9.17, 15) is 0 Å². The molecular weight excluding hydrogens is 246 g/mol. The van der Waals surface area contributed by atoms with E-state index in [1.807, 2.05) is 12.4 Å². The van der Waals surface area contributed by atoms with E-state index in [2.05, 4.69) is 23.8 Å². The lowest BCUT2D eigenvalue weighted by Crippen LogP contribution is -2.61. The molecule has 3 N–H and O–H groups in total. The monoisotopic (exact) mass is 273 g/mol. The van der Waals surface area contributed by atoms with E-state index in [0.717, 1.165) is 18.2 Å². The molecule has 4 fully saturated rings. The molecule has 110 valence electrons. The van der Waals surface area contributed by atoms with Crippen LogP contribution in [0.1, 0.15) is 58.2 Å². The van der Waals surface area contributed by atoms with Crippen LogP contribution < -0.4 is 5.73 Å². The van der Waals surface area contributed by atoms with Crippen molar-refractivity contribution in [2.75, 3.05) is 0 Å². The van der Waals surface area contributed by atoms with Gasteiger partial charge in [0.1, 0.15) is 5.82 Å². The Labute approximate surface area is 121 Å². The number of nitrogens with one attached hydrogen (secondary N) is 1. The van der Waals surface area contributed by atoms with Crippen LogP contribution in [-0.2, 0) is 6.42 Å².